The van der Waals surface area contributed by atoms with Crippen LogP contribution in [0, 0.1) is 0 Å². The van der Waals surface area contributed by atoms with Gasteiger partial charge in [-0.15, -0.1) is 22.7 Å². The van der Waals surface area contributed by atoms with Gasteiger partial charge in [0.15, 0.2) is 0 Å². The Morgan fingerprint density at radius 2 is 2.33 bits per heavy atom. The van der Waals surface area contributed by atoms with Crippen molar-refractivity contribution < 1.29 is 0 Å². The molecule has 2 heterocycles. The van der Waals surface area contributed by atoms with Crippen molar-refractivity contribution >= 4 is 38.6 Å². The predicted molar refractivity (Wildman–Crippen MR) is 69.4 cm³/mol. The summed E-state index contributed by atoms with van der Waals surface area (Å²) in [5, 5.41) is 8.69. The van der Waals surface area contributed by atoms with Crippen LogP contribution >= 0.6 is 38.6 Å². The molecule has 2 nitrogen and oxygen atoms in total. The van der Waals surface area contributed by atoms with Crippen LogP contribution in [0.1, 0.15) is 22.9 Å². The Balaban J connectivity index is 1.93. The average Bonchev–Trinajstić information content (AvgIpc) is 2.84. The van der Waals surface area contributed by atoms with E-state index in [0.29, 0.717) is 6.04 Å². The first-order chi connectivity index (χ1) is 7.27. The molecule has 0 bridgehead atoms. The van der Waals surface area contributed by atoms with Gasteiger partial charge in [-0.2, -0.15) is 0 Å². The van der Waals surface area contributed by atoms with Gasteiger partial charge in [0.05, 0.1) is 0 Å². The van der Waals surface area contributed by atoms with E-state index in [2.05, 4.69) is 44.6 Å². The van der Waals surface area contributed by atoms with Gasteiger partial charge in [-0.25, -0.2) is 4.98 Å². The van der Waals surface area contributed by atoms with Gasteiger partial charge in [0, 0.05) is 33.5 Å². The highest BCUT2D eigenvalue weighted by Gasteiger charge is 2.10. The average molecular weight is 303 g/mol. The third-order valence-corrected chi connectivity index (χ3v) is 4.91. The Labute approximate surface area is 106 Å². The minimum Gasteiger partial charge on any atom is -0.303 e. The molecule has 2 aromatic rings. The third-order valence-electron chi connectivity index (χ3n) is 2.08. The summed E-state index contributed by atoms with van der Waals surface area (Å²) in [7, 11) is 0. The van der Waals surface area contributed by atoms with E-state index in [0.717, 1.165) is 11.6 Å². The largest absolute Gasteiger partial charge is 0.303 e. The first-order valence-corrected chi connectivity index (χ1v) is 7.17. The monoisotopic (exact) mass is 302 g/mol. The number of hydrogen-bond acceptors (Lipinski definition) is 4. The molecule has 2 aromatic heterocycles. The standard InChI is InChI=1S/C10H11BrN2S2/c1-7(10-8(11)2-4-15-10)13-6-9-12-3-5-14-9/h2-5,7,13H,6H2,1H3. The van der Waals surface area contributed by atoms with E-state index in [9.17, 15) is 0 Å². The zero-order valence-corrected chi connectivity index (χ0v) is 11.5. The summed E-state index contributed by atoms with van der Waals surface area (Å²) in [5.41, 5.74) is 0. The predicted octanol–water partition coefficient (Wildman–Crippen LogP) is 3.82. The van der Waals surface area contributed by atoms with Crippen LogP contribution < -0.4 is 5.32 Å². The summed E-state index contributed by atoms with van der Waals surface area (Å²) in [6, 6.07) is 2.45. The van der Waals surface area contributed by atoms with E-state index in [1.807, 2.05) is 11.6 Å². The fourth-order valence-corrected chi connectivity index (χ4v) is 3.60. The normalized spacial score (nSPS) is 12.9. The molecule has 0 saturated carbocycles. The maximum Gasteiger partial charge on any atom is 0.106 e. The van der Waals surface area contributed by atoms with Crippen molar-refractivity contribution in [2.45, 2.75) is 19.5 Å². The first kappa shape index (κ1) is 11.3. The molecule has 15 heavy (non-hydrogen) atoms. The fourth-order valence-electron chi connectivity index (χ4n) is 1.29. The van der Waals surface area contributed by atoms with Gasteiger partial charge in [0.2, 0.25) is 0 Å². The molecule has 0 radical (unpaired) electrons. The van der Waals surface area contributed by atoms with Gasteiger partial charge < -0.3 is 5.32 Å². The number of thiophene rings is 1. The molecular weight excluding hydrogens is 292 g/mol. The molecule has 0 aliphatic heterocycles. The molecule has 5 heteroatoms. The van der Waals surface area contributed by atoms with Crippen molar-refractivity contribution in [3.63, 3.8) is 0 Å². The van der Waals surface area contributed by atoms with E-state index in [4.69, 9.17) is 0 Å². The molecule has 0 aromatic carbocycles. The van der Waals surface area contributed by atoms with E-state index in [-0.39, 0.29) is 0 Å². The quantitative estimate of drug-likeness (QED) is 0.929. The fraction of sp³-hybridized carbons (Fsp3) is 0.300. The molecule has 0 fully saturated rings. The Kier molecular flexibility index (Phi) is 3.91. The lowest BCUT2D eigenvalue weighted by atomic mass is 10.3. The van der Waals surface area contributed by atoms with Gasteiger partial charge in [0.1, 0.15) is 5.01 Å². The second-order valence-corrected chi connectivity index (χ2v) is 5.94. The molecule has 1 N–H and O–H groups in total. The maximum absolute atomic E-state index is 4.24. The smallest absolute Gasteiger partial charge is 0.106 e. The lowest BCUT2D eigenvalue weighted by Crippen LogP contribution is -2.17. The second-order valence-electron chi connectivity index (χ2n) is 3.16. The van der Waals surface area contributed by atoms with Crippen molar-refractivity contribution in [2.75, 3.05) is 0 Å². The molecule has 1 atom stereocenters. The van der Waals surface area contributed by atoms with Crippen molar-refractivity contribution in [1.82, 2.24) is 10.3 Å². The SMILES string of the molecule is CC(NCc1nccs1)c1sccc1Br. The van der Waals surface area contributed by atoms with Gasteiger partial charge in [-0.3, -0.25) is 0 Å². The summed E-state index contributed by atoms with van der Waals surface area (Å²) in [4.78, 5) is 5.58. The molecule has 0 aliphatic carbocycles. The van der Waals surface area contributed by atoms with Crippen molar-refractivity contribution in [3.05, 3.63) is 37.4 Å². The number of thiazole rings is 1. The van der Waals surface area contributed by atoms with Crippen LogP contribution in [-0.2, 0) is 6.54 Å². The highest BCUT2D eigenvalue weighted by molar-refractivity contribution is 9.10. The number of nitrogens with zero attached hydrogens (tertiary/aromatic N) is 1. The van der Waals surface area contributed by atoms with Gasteiger partial charge in [-0.1, -0.05) is 0 Å². The highest BCUT2D eigenvalue weighted by Crippen LogP contribution is 2.28. The summed E-state index contributed by atoms with van der Waals surface area (Å²) in [6.07, 6.45) is 1.84. The second kappa shape index (κ2) is 5.21. The summed E-state index contributed by atoms with van der Waals surface area (Å²) in [5.74, 6) is 0. The lowest BCUT2D eigenvalue weighted by Gasteiger charge is -2.11. The van der Waals surface area contributed by atoms with Crippen LogP contribution in [0.15, 0.2) is 27.5 Å². The molecule has 0 aliphatic rings. The summed E-state index contributed by atoms with van der Waals surface area (Å²) in [6.45, 7) is 3.01. The Morgan fingerprint density at radius 3 is 2.93 bits per heavy atom. The first-order valence-electron chi connectivity index (χ1n) is 4.62. The zero-order valence-electron chi connectivity index (χ0n) is 8.24. The van der Waals surface area contributed by atoms with Gasteiger partial charge >= 0.3 is 0 Å². The van der Waals surface area contributed by atoms with Gasteiger partial charge in [-0.05, 0) is 34.3 Å². The Hall–Kier alpha value is -0.230. The van der Waals surface area contributed by atoms with Crippen molar-refractivity contribution in [3.8, 4) is 0 Å². The van der Waals surface area contributed by atoms with E-state index in [1.54, 1.807) is 22.7 Å². The number of rotatable bonds is 4. The van der Waals surface area contributed by atoms with Crippen LogP contribution in [0.5, 0.6) is 0 Å². The van der Waals surface area contributed by atoms with Crippen LogP contribution in [0.3, 0.4) is 0 Å². The van der Waals surface area contributed by atoms with Gasteiger partial charge in [0.25, 0.3) is 0 Å². The number of halogens is 1. The van der Waals surface area contributed by atoms with E-state index in [1.165, 1.54) is 9.35 Å². The van der Waals surface area contributed by atoms with Crippen LogP contribution in [-0.4, -0.2) is 4.98 Å². The minimum absolute atomic E-state index is 0.364. The van der Waals surface area contributed by atoms with Crippen molar-refractivity contribution in [2.24, 2.45) is 0 Å². The molecule has 0 saturated heterocycles. The molecule has 80 valence electrons. The number of hydrogen-bond donors (Lipinski definition) is 1. The molecule has 1 unspecified atom stereocenters. The Morgan fingerprint density at radius 1 is 1.47 bits per heavy atom. The summed E-state index contributed by atoms with van der Waals surface area (Å²) < 4.78 is 1.19. The molecule has 0 spiro atoms. The summed E-state index contributed by atoms with van der Waals surface area (Å²) >= 11 is 7.00. The van der Waals surface area contributed by atoms with Crippen LogP contribution in [0.2, 0.25) is 0 Å². The van der Waals surface area contributed by atoms with Crippen LogP contribution in [0.4, 0.5) is 0 Å². The number of aromatic nitrogens is 1. The molecule has 2 rings (SSSR count). The highest BCUT2D eigenvalue weighted by atomic mass is 79.9. The topological polar surface area (TPSA) is 24.9 Å². The van der Waals surface area contributed by atoms with Crippen molar-refractivity contribution in [1.29, 1.82) is 0 Å². The minimum atomic E-state index is 0.364. The zero-order chi connectivity index (χ0) is 10.7. The van der Waals surface area contributed by atoms with E-state index < -0.39 is 0 Å². The molecule has 0 amide bonds. The Bertz CT molecular complexity index is 411. The van der Waals surface area contributed by atoms with E-state index >= 15 is 0 Å². The third kappa shape index (κ3) is 2.87. The lowest BCUT2D eigenvalue weighted by molar-refractivity contribution is 0.580. The maximum atomic E-state index is 4.24. The number of nitrogens with one attached hydrogen (secondary N) is 1. The molecular formula is C10H11BrN2S2. The van der Waals surface area contributed by atoms with Crippen LogP contribution in [0.25, 0.3) is 0 Å².